The molecule has 0 atom stereocenters. The van der Waals surface area contributed by atoms with Crippen LogP contribution in [0.2, 0.25) is 0 Å². The number of aromatic nitrogens is 1. The molecule has 0 aliphatic heterocycles. The number of pyridine rings is 1. The highest BCUT2D eigenvalue weighted by molar-refractivity contribution is 5.96. The molecule has 2 aromatic carbocycles. The summed E-state index contributed by atoms with van der Waals surface area (Å²) in [5, 5.41) is 9.48. The van der Waals surface area contributed by atoms with Gasteiger partial charge in [0.25, 0.3) is 0 Å². The first-order valence-electron chi connectivity index (χ1n) is 8.21. The zero-order valence-electron chi connectivity index (χ0n) is 15.0. The second-order valence-corrected chi connectivity index (χ2v) is 6.08. The van der Waals surface area contributed by atoms with E-state index >= 15 is 0 Å². The summed E-state index contributed by atoms with van der Waals surface area (Å²) in [5.41, 5.74) is 2.95. The van der Waals surface area contributed by atoms with Crippen LogP contribution in [0, 0.1) is 23.3 Å². The summed E-state index contributed by atoms with van der Waals surface area (Å²) in [7, 11) is 1.29. The zero-order valence-corrected chi connectivity index (χ0v) is 15.0. The maximum Gasteiger partial charge on any atom is 0.336 e. The molecule has 5 nitrogen and oxygen atoms in total. The third-order valence-corrected chi connectivity index (χ3v) is 4.34. The molecule has 0 unspecified atom stereocenters. The molecule has 0 spiro atoms. The van der Waals surface area contributed by atoms with Gasteiger partial charge in [0.2, 0.25) is 0 Å². The average molecular weight is 406 g/mol. The fraction of sp³-hybridized carbons (Fsp3) is 0.100. The Bertz CT molecular complexity index is 1120. The molecule has 29 heavy (non-hydrogen) atoms. The van der Waals surface area contributed by atoms with Gasteiger partial charge in [-0.15, -0.1) is 0 Å². The van der Waals surface area contributed by atoms with Crippen molar-refractivity contribution in [2.75, 3.05) is 12.8 Å². The summed E-state index contributed by atoms with van der Waals surface area (Å²) in [4.78, 5) is 15.2. The number of carboxylic acid groups (broad SMARTS) is 1. The summed E-state index contributed by atoms with van der Waals surface area (Å²) in [5.74, 6) is -6.82. The first-order valence-corrected chi connectivity index (χ1v) is 8.21. The molecule has 0 aliphatic carbocycles. The predicted octanol–water partition coefficient (Wildman–Crippen LogP) is 4.18. The molecule has 0 amide bonds. The van der Waals surface area contributed by atoms with Gasteiger partial charge in [-0.3, -0.25) is 0 Å². The van der Waals surface area contributed by atoms with Gasteiger partial charge in [0.15, 0.2) is 23.3 Å². The number of halogens is 4. The van der Waals surface area contributed by atoms with Gasteiger partial charge in [-0.1, -0.05) is 0 Å². The Hall–Kier alpha value is -3.62. The highest BCUT2D eigenvalue weighted by Crippen LogP contribution is 2.34. The van der Waals surface area contributed by atoms with Crippen molar-refractivity contribution in [1.82, 2.24) is 4.98 Å². The second kappa shape index (κ2) is 7.78. The van der Waals surface area contributed by atoms with Crippen LogP contribution in [-0.4, -0.2) is 23.2 Å². The minimum Gasteiger partial charge on any atom is -0.497 e. The first-order chi connectivity index (χ1) is 13.7. The number of benzene rings is 2. The lowest BCUT2D eigenvalue weighted by Gasteiger charge is -2.14. The van der Waals surface area contributed by atoms with Gasteiger partial charge in [-0.2, -0.15) is 0 Å². The van der Waals surface area contributed by atoms with Crippen LogP contribution in [0.4, 0.5) is 23.4 Å². The van der Waals surface area contributed by atoms with Gasteiger partial charge < -0.3 is 15.6 Å². The van der Waals surface area contributed by atoms with Crippen molar-refractivity contribution in [2.45, 2.75) is 6.42 Å². The van der Waals surface area contributed by atoms with E-state index in [4.69, 9.17) is 10.5 Å². The van der Waals surface area contributed by atoms with E-state index < -0.39 is 63.7 Å². The second-order valence-electron chi connectivity index (χ2n) is 6.08. The predicted molar refractivity (Wildman–Crippen MR) is 96.7 cm³/mol. The molecular weight excluding hydrogens is 392 g/mol. The van der Waals surface area contributed by atoms with Crippen molar-refractivity contribution in [3.05, 3.63) is 76.5 Å². The highest BCUT2D eigenvalue weighted by Gasteiger charge is 2.26. The number of anilines is 1. The van der Waals surface area contributed by atoms with Crippen molar-refractivity contribution in [1.29, 1.82) is 0 Å². The maximum atomic E-state index is 14.8. The van der Waals surface area contributed by atoms with Gasteiger partial charge in [-0.05, 0) is 35.4 Å². The topological polar surface area (TPSA) is 85.4 Å². The standard InChI is InChI=1S/C20H14F4N2O3/c1-29-11-2-3-12(14(21)8-11)15-13(20(27)28)7-10(16(22)18(15)24)6-9-4-5-26-19(25)17(9)23/h2-5,7-8H,6H2,1H3,(H2,25,26)(H,27,28). The number of methoxy groups -OCH3 is 1. The molecule has 3 aromatic rings. The van der Waals surface area contributed by atoms with E-state index in [9.17, 15) is 27.5 Å². The number of nitrogens with two attached hydrogens (primary N) is 1. The fourth-order valence-electron chi connectivity index (χ4n) is 2.91. The molecule has 9 heteroatoms. The molecule has 150 valence electrons. The summed E-state index contributed by atoms with van der Waals surface area (Å²) in [6.07, 6.45) is 0.703. The van der Waals surface area contributed by atoms with Gasteiger partial charge in [0, 0.05) is 29.8 Å². The summed E-state index contributed by atoms with van der Waals surface area (Å²) in [6, 6.07) is 5.34. The number of carbonyl (C=O) groups is 1. The van der Waals surface area contributed by atoms with E-state index in [1.807, 2.05) is 0 Å². The van der Waals surface area contributed by atoms with Gasteiger partial charge in [-0.25, -0.2) is 27.3 Å². The smallest absolute Gasteiger partial charge is 0.336 e. The number of carboxylic acids is 1. The molecular formula is C20H14F4N2O3. The molecule has 0 fully saturated rings. The number of nitrogen functional groups attached to an aromatic ring is 1. The Labute approximate surface area is 162 Å². The van der Waals surface area contributed by atoms with Crippen LogP contribution in [0.15, 0.2) is 36.5 Å². The molecule has 0 radical (unpaired) electrons. The molecule has 3 rings (SSSR count). The highest BCUT2D eigenvalue weighted by atomic mass is 19.2. The summed E-state index contributed by atoms with van der Waals surface area (Å²) < 4.78 is 62.9. The van der Waals surface area contributed by atoms with Crippen molar-refractivity contribution in [3.8, 4) is 16.9 Å². The number of hydrogen-bond donors (Lipinski definition) is 2. The molecule has 0 bridgehead atoms. The fourth-order valence-corrected chi connectivity index (χ4v) is 2.91. The van der Waals surface area contributed by atoms with Crippen LogP contribution >= 0.6 is 0 Å². The Kier molecular flexibility index (Phi) is 5.40. The van der Waals surface area contributed by atoms with Crippen LogP contribution in [0.3, 0.4) is 0 Å². The lowest BCUT2D eigenvalue weighted by Crippen LogP contribution is -2.09. The molecule has 0 saturated carbocycles. The van der Waals surface area contributed by atoms with E-state index in [0.29, 0.717) is 0 Å². The van der Waals surface area contributed by atoms with E-state index in [-0.39, 0.29) is 11.3 Å². The zero-order chi connectivity index (χ0) is 21.3. The van der Waals surface area contributed by atoms with Crippen LogP contribution in [0.5, 0.6) is 5.75 Å². The van der Waals surface area contributed by atoms with Crippen LogP contribution in [0.25, 0.3) is 11.1 Å². The quantitative estimate of drug-likeness (QED) is 0.621. The third kappa shape index (κ3) is 3.71. The van der Waals surface area contributed by atoms with E-state index in [2.05, 4.69) is 4.98 Å². The molecule has 1 heterocycles. The number of ether oxygens (including phenoxy) is 1. The summed E-state index contributed by atoms with van der Waals surface area (Å²) >= 11 is 0. The number of aromatic carboxylic acids is 1. The third-order valence-electron chi connectivity index (χ3n) is 4.34. The van der Waals surface area contributed by atoms with Gasteiger partial charge >= 0.3 is 5.97 Å². The van der Waals surface area contributed by atoms with E-state index in [1.165, 1.54) is 25.4 Å². The van der Waals surface area contributed by atoms with E-state index in [1.54, 1.807) is 0 Å². The number of nitrogens with zero attached hydrogens (tertiary/aromatic N) is 1. The first kappa shape index (κ1) is 20.1. The average Bonchev–Trinajstić information content (AvgIpc) is 2.69. The van der Waals surface area contributed by atoms with Gasteiger partial charge in [0.1, 0.15) is 11.6 Å². The minimum atomic E-state index is -1.61. The van der Waals surface area contributed by atoms with Crippen LogP contribution < -0.4 is 10.5 Å². The number of hydrogen-bond acceptors (Lipinski definition) is 4. The van der Waals surface area contributed by atoms with Crippen LogP contribution in [0.1, 0.15) is 21.5 Å². The Morgan fingerprint density at radius 2 is 1.79 bits per heavy atom. The minimum absolute atomic E-state index is 0.101. The van der Waals surface area contributed by atoms with E-state index in [0.717, 1.165) is 18.2 Å². The van der Waals surface area contributed by atoms with Crippen molar-refractivity contribution < 1.29 is 32.2 Å². The maximum absolute atomic E-state index is 14.8. The van der Waals surface area contributed by atoms with Crippen molar-refractivity contribution in [2.24, 2.45) is 0 Å². The number of rotatable bonds is 5. The molecule has 0 aliphatic rings. The Morgan fingerprint density at radius 1 is 1.07 bits per heavy atom. The Balaban J connectivity index is 2.19. The van der Waals surface area contributed by atoms with Crippen LogP contribution in [-0.2, 0) is 6.42 Å². The molecule has 1 aromatic heterocycles. The van der Waals surface area contributed by atoms with Gasteiger partial charge in [0.05, 0.1) is 12.7 Å². The summed E-state index contributed by atoms with van der Waals surface area (Å²) in [6.45, 7) is 0. The Morgan fingerprint density at radius 3 is 2.41 bits per heavy atom. The molecule has 3 N–H and O–H groups in total. The normalized spacial score (nSPS) is 10.8. The SMILES string of the molecule is COc1ccc(-c2c(C(=O)O)cc(Cc3ccnc(N)c3F)c(F)c2F)c(F)c1. The largest absolute Gasteiger partial charge is 0.497 e. The lowest BCUT2D eigenvalue weighted by atomic mass is 9.93. The lowest BCUT2D eigenvalue weighted by molar-refractivity contribution is 0.0697. The molecule has 0 saturated heterocycles. The van der Waals surface area contributed by atoms with Crippen molar-refractivity contribution in [3.63, 3.8) is 0 Å². The monoisotopic (exact) mass is 406 g/mol. The van der Waals surface area contributed by atoms with Crippen molar-refractivity contribution >= 4 is 11.8 Å².